The fourth-order valence-electron chi connectivity index (χ4n) is 2.38. The summed E-state index contributed by atoms with van der Waals surface area (Å²) in [6, 6.07) is 17.5. The summed E-state index contributed by atoms with van der Waals surface area (Å²) in [6.07, 6.45) is 1.66. The molecule has 0 atom stereocenters. The lowest BCUT2D eigenvalue weighted by molar-refractivity contribution is -0.118. The number of carbonyl (C=O) groups excluding carboxylic acids is 1. The van der Waals surface area contributed by atoms with E-state index in [2.05, 4.69) is 15.5 Å². The number of amides is 1. The van der Waals surface area contributed by atoms with Crippen LogP contribution in [0.2, 0.25) is 0 Å². The number of benzene rings is 2. The van der Waals surface area contributed by atoms with E-state index in [4.69, 9.17) is 4.74 Å². The standard InChI is InChI=1S/C19H20N4O2S/c1-15-7-5-6-10-17(15)23-14-21-22-19(23)26-13-18(24)20-11-12-25-16-8-3-2-4-9-16/h2-10,14H,11-13H2,1H3,(H,20,24). The molecule has 134 valence electrons. The number of ether oxygens (including phenoxy) is 1. The van der Waals surface area contributed by atoms with Crippen LogP contribution in [-0.4, -0.2) is 39.6 Å². The molecule has 0 saturated carbocycles. The summed E-state index contributed by atoms with van der Waals surface area (Å²) in [4.78, 5) is 12.0. The van der Waals surface area contributed by atoms with Gasteiger partial charge < -0.3 is 10.1 Å². The summed E-state index contributed by atoms with van der Waals surface area (Å²) in [6.45, 7) is 2.92. The molecule has 1 N–H and O–H groups in total. The number of thioether (sulfide) groups is 1. The molecule has 3 aromatic rings. The second-order valence-corrected chi connectivity index (χ2v) is 6.51. The first-order valence-electron chi connectivity index (χ1n) is 8.27. The Balaban J connectivity index is 1.45. The summed E-state index contributed by atoms with van der Waals surface area (Å²) >= 11 is 1.36. The van der Waals surface area contributed by atoms with Gasteiger partial charge in [-0.3, -0.25) is 9.36 Å². The number of nitrogens with zero attached hydrogens (tertiary/aromatic N) is 3. The molecule has 0 aliphatic rings. The zero-order chi connectivity index (χ0) is 18.2. The van der Waals surface area contributed by atoms with Crippen molar-refractivity contribution in [3.63, 3.8) is 0 Å². The van der Waals surface area contributed by atoms with E-state index in [9.17, 15) is 4.79 Å². The molecule has 0 fully saturated rings. The highest BCUT2D eigenvalue weighted by Crippen LogP contribution is 2.21. The maximum absolute atomic E-state index is 12.0. The topological polar surface area (TPSA) is 69.0 Å². The van der Waals surface area contributed by atoms with Gasteiger partial charge in [0.1, 0.15) is 18.7 Å². The van der Waals surface area contributed by atoms with Gasteiger partial charge in [-0.2, -0.15) is 0 Å². The van der Waals surface area contributed by atoms with Crippen molar-refractivity contribution >= 4 is 17.7 Å². The molecule has 0 bridgehead atoms. The highest BCUT2D eigenvalue weighted by atomic mass is 32.2. The summed E-state index contributed by atoms with van der Waals surface area (Å²) < 4.78 is 7.44. The number of para-hydroxylation sites is 2. The second-order valence-electron chi connectivity index (χ2n) is 5.57. The maximum atomic E-state index is 12.0. The Morgan fingerprint density at radius 1 is 1.15 bits per heavy atom. The lowest BCUT2D eigenvalue weighted by atomic mass is 10.2. The average molecular weight is 368 g/mol. The monoisotopic (exact) mass is 368 g/mol. The molecule has 7 heteroatoms. The largest absolute Gasteiger partial charge is 0.492 e. The van der Waals surface area contributed by atoms with Crippen molar-refractivity contribution < 1.29 is 9.53 Å². The maximum Gasteiger partial charge on any atom is 0.230 e. The number of aromatic nitrogens is 3. The van der Waals surface area contributed by atoms with Gasteiger partial charge >= 0.3 is 0 Å². The van der Waals surface area contributed by atoms with E-state index in [0.717, 1.165) is 17.0 Å². The zero-order valence-electron chi connectivity index (χ0n) is 14.5. The van der Waals surface area contributed by atoms with Gasteiger partial charge in [0.25, 0.3) is 0 Å². The van der Waals surface area contributed by atoms with Crippen molar-refractivity contribution in [2.24, 2.45) is 0 Å². The fourth-order valence-corrected chi connectivity index (χ4v) is 3.13. The van der Waals surface area contributed by atoms with Crippen LogP contribution < -0.4 is 10.1 Å². The minimum atomic E-state index is -0.0639. The number of carbonyl (C=O) groups is 1. The van der Waals surface area contributed by atoms with Gasteiger partial charge in [0, 0.05) is 0 Å². The molecule has 1 amide bonds. The molecule has 3 rings (SSSR count). The van der Waals surface area contributed by atoms with E-state index < -0.39 is 0 Å². The van der Waals surface area contributed by atoms with Gasteiger partial charge in [0.05, 0.1) is 18.0 Å². The third kappa shape index (κ3) is 4.86. The smallest absolute Gasteiger partial charge is 0.230 e. The molecule has 2 aromatic carbocycles. The number of rotatable bonds is 8. The van der Waals surface area contributed by atoms with E-state index in [1.807, 2.05) is 66.1 Å². The highest BCUT2D eigenvalue weighted by Gasteiger charge is 2.11. The van der Waals surface area contributed by atoms with Crippen LogP contribution >= 0.6 is 11.8 Å². The first kappa shape index (κ1) is 18.0. The minimum Gasteiger partial charge on any atom is -0.492 e. The molecule has 1 aromatic heterocycles. The zero-order valence-corrected chi connectivity index (χ0v) is 15.3. The van der Waals surface area contributed by atoms with Gasteiger partial charge in [-0.1, -0.05) is 48.2 Å². The third-order valence-electron chi connectivity index (χ3n) is 3.66. The van der Waals surface area contributed by atoms with Crippen molar-refractivity contribution in [3.8, 4) is 11.4 Å². The Hall–Kier alpha value is -2.80. The van der Waals surface area contributed by atoms with Crippen LogP contribution in [0.1, 0.15) is 5.56 Å². The number of hydrogen-bond acceptors (Lipinski definition) is 5. The summed E-state index contributed by atoms with van der Waals surface area (Å²) in [5.74, 6) is 1.00. The highest BCUT2D eigenvalue weighted by molar-refractivity contribution is 7.99. The molecule has 0 unspecified atom stereocenters. The average Bonchev–Trinajstić information content (AvgIpc) is 3.13. The molecular formula is C19H20N4O2S. The quantitative estimate of drug-likeness (QED) is 0.489. The Bertz CT molecular complexity index is 852. The van der Waals surface area contributed by atoms with Crippen LogP contribution in [0.4, 0.5) is 0 Å². The fraction of sp³-hybridized carbons (Fsp3) is 0.211. The van der Waals surface area contributed by atoms with E-state index in [-0.39, 0.29) is 11.7 Å². The molecule has 6 nitrogen and oxygen atoms in total. The lowest BCUT2D eigenvalue weighted by Gasteiger charge is -2.09. The number of nitrogens with one attached hydrogen (secondary N) is 1. The van der Waals surface area contributed by atoms with Gasteiger partial charge in [-0.15, -0.1) is 10.2 Å². The molecule has 1 heterocycles. The minimum absolute atomic E-state index is 0.0639. The first-order chi connectivity index (χ1) is 12.7. The molecule has 0 spiro atoms. The lowest BCUT2D eigenvalue weighted by Crippen LogP contribution is -2.29. The first-order valence-corrected chi connectivity index (χ1v) is 9.26. The Morgan fingerprint density at radius 2 is 1.92 bits per heavy atom. The Morgan fingerprint density at radius 3 is 2.73 bits per heavy atom. The van der Waals surface area contributed by atoms with Crippen molar-refractivity contribution in [3.05, 3.63) is 66.5 Å². The second kappa shape index (κ2) is 9.05. The summed E-state index contributed by atoms with van der Waals surface area (Å²) in [5.41, 5.74) is 2.13. The number of aryl methyl sites for hydroxylation is 1. The predicted octanol–water partition coefficient (Wildman–Crippen LogP) is 2.86. The van der Waals surface area contributed by atoms with Crippen LogP contribution in [0.3, 0.4) is 0 Å². The Labute approximate surface area is 156 Å². The SMILES string of the molecule is Cc1ccccc1-n1cnnc1SCC(=O)NCCOc1ccccc1. The third-order valence-corrected chi connectivity index (χ3v) is 4.60. The van der Waals surface area contributed by atoms with E-state index in [1.165, 1.54) is 11.8 Å². The normalized spacial score (nSPS) is 10.5. The molecule has 0 aliphatic carbocycles. The van der Waals surface area contributed by atoms with Gasteiger partial charge in [-0.05, 0) is 30.7 Å². The van der Waals surface area contributed by atoms with Crippen molar-refractivity contribution in [1.29, 1.82) is 0 Å². The number of hydrogen-bond donors (Lipinski definition) is 1. The van der Waals surface area contributed by atoms with Crippen LogP contribution in [0.5, 0.6) is 5.75 Å². The van der Waals surface area contributed by atoms with Gasteiger partial charge in [0.2, 0.25) is 5.91 Å². The molecule has 0 aliphatic heterocycles. The van der Waals surface area contributed by atoms with Crippen LogP contribution in [0, 0.1) is 6.92 Å². The van der Waals surface area contributed by atoms with Crippen LogP contribution in [-0.2, 0) is 4.79 Å². The summed E-state index contributed by atoms with van der Waals surface area (Å²) in [5, 5.41) is 11.6. The van der Waals surface area contributed by atoms with E-state index >= 15 is 0 Å². The molecule has 0 saturated heterocycles. The van der Waals surface area contributed by atoms with Gasteiger partial charge in [0.15, 0.2) is 5.16 Å². The predicted molar refractivity (Wildman–Crippen MR) is 102 cm³/mol. The molecular weight excluding hydrogens is 348 g/mol. The van der Waals surface area contributed by atoms with E-state index in [0.29, 0.717) is 18.3 Å². The van der Waals surface area contributed by atoms with Crippen LogP contribution in [0.25, 0.3) is 5.69 Å². The van der Waals surface area contributed by atoms with Crippen molar-refractivity contribution in [1.82, 2.24) is 20.1 Å². The summed E-state index contributed by atoms with van der Waals surface area (Å²) in [7, 11) is 0. The van der Waals surface area contributed by atoms with Crippen molar-refractivity contribution in [2.45, 2.75) is 12.1 Å². The Kier molecular flexibility index (Phi) is 6.27. The van der Waals surface area contributed by atoms with Gasteiger partial charge in [-0.25, -0.2) is 0 Å². The molecule has 26 heavy (non-hydrogen) atoms. The van der Waals surface area contributed by atoms with Crippen molar-refractivity contribution in [2.75, 3.05) is 18.9 Å². The molecule has 0 radical (unpaired) electrons. The van der Waals surface area contributed by atoms with Crippen LogP contribution in [0.15, 0.2) is 66.1 Å². The van der Waals surface area contributed by atoms with E-state index in [1.54, 1.807) is 6.33 Å².